The van der Waals surface area contributed by atoms with E-state index in [0.717, 1.165) is 31.0 Å². The van der Waals surface area contributed by atoms with Crippen molar-refractivity contribution in [3.05, 3.63) is 33.0 Å². The Morgan fingerprint density at radius 1 is 1.57 bits per heavy atom. The third-order valence-electron chi connectivity index (χ3n) is 3.95. The van der Waals surface area contributed by atoms with Crippen molar-refractivity contribution >= 4 is 28.8 Å². The van der Waals surface area contributed by atoms with Gasteiger partial charge in [0, 0.05) is 32.5 Å². The van der Waals surface area contributed by atoms with Crippen LogP contribution in [-0.2, 0) is 11.2 Å². The lowest BCUT2D eigenvalue weighted by molar-refractivity contribution is 0.0709. The Morgan fingerprint density at radius 2 is 2.43 bits per heavy atom. The molecular weight excluding hydrogens is 336 g/mol. The van der Waals surface area contributed by atoms with Crippen LogP contribution in [0.1, 0.15) is 40.1 Å². The van der Waals surface area contributed by atoms with Crippen LogP contribution < -0.4 is 0 Å². The quantitative estimate of drug-likeness (QED) is 0.896. The lowest BCUT2D eigenvalue weighted by Gasteiger charge is -2.31. The summed E-state index contributed by atoms with van der Waals surface area (Å²) in [6.07, 6.45) is 2.67. The molecule has 0 saturated carbocycles. The SMILES string of the molecule is COCCc1nc(C2CCCN(C(=O)c3ccc(Cl)s3)C2)n[nH]1. The molecule has 23 heavy (non-hydrogen) atoms. The van der Waals surface area contributed by atoms with Gasteiger partial charge in [0.25, 0.3) is 5.91 Å². The van der Waals surface area contributed by atoms with Gasteiger partial charge < -0.3 is 9.64 Å². The van der Waals surface area contributed by atoms with Crippen molar-refractivity contribution in [1.82, 2.24) is 20.1 Å². The highest BCUT2D eigenvalue weighted by Gasteiger charge is 2.28. The van der Waals surface area contributed by atoms with E-state index in [2.05, 4.69) is 15.2 Å². The molecule has 8 heteroatoms. The summed E-state index contributed by atoms with van der Waals surface area (Å²) in [7, 11) is 1.67. The fraction of sp³-hybridized carbons (Fsp3) is 0.533. The van der Waals surface area contributed by atoms with E-state index in [9.17, 15) is 4.79 Å². The Labute approximate surface area is 143 Å². The number of likely N-dealkylation sites (tertiary alicyclic amines) is 1. The van der Waals surface area contributed by atoms with Crippen molar-refractivity contribution in [2.45, 2.75) is 25.2 Å². The number of carbonyl (C=O) groups is 1. The van der Waals surface area contributed by atoms with Gasteiger partial charge in [-0.05, 0) is 25.0 Å². The van der Waals surface area contributed by atoms with Crippen LogP contribution in [0.2, 0.25) is 4.34 Å². The highest BCUT2D eigenvalue weighted by Crippen LogP contribution is 2.28. The van der Waals surface area contributed by atoms with Crippen molar-refractivity contribution in [1.29, 1.82) is 0 Å². The van der Waals surface area contributed by atoms with Gasteiger partial charge in [-0.15, -0.1) is 11.3 Å². The molecule has 0 aliphatic carbocycles. The lowest BCUT2D eigenvalue weighted by atomic mass is 9.97. The number of rotatable bonds is 5. The number of methoxy groups -OCH3 is 1. The molecule has 1 unspecified atom stereocenters. The Kier molecular flexibility index (Phi) is 5.30. The Hall–Kier alpha value is -1.44. The maximum atomic E-state index is 12.5. The first-order chi connectivity index (χ1) is 11.2. The number of halogens is 1. The minimum atomic E-state index is 0.0433. The summed E-state index contributed by atoms with van der Waals surface area (Å²) in [6, 6.07) is 3.55. The summed E-state index contributed by atoms with van der Waals surface area (Å²) in [6.45, 7) is 2.03. The number of nitrogens with zero attached hydrogens (tertiary/aromatic N) is 3. The van der Waals surface area contributed by atoms with Crippen molar-refractivity contribution in [3.63, 3.8) is 0 Å². The molecule has 124 valence electrons. The normalized spacial score (nSPS) is 18.3. The van der Waals surface area contributed by atoms with Gasteiger partial charge in [-0.3, -0.25) is 9.89 Å². The summed E-state index contributed by atoms with van der Waals surface area (Å²) in [5, 5.41) is 7.27. The molecule has 1 saturated heterocycles. The molecule has 1 aliphatic heterocycles. The molecule has 2 aromatic heterocycles. The van der Waals surface area contributed by atoms with E-state index in [1.54, 1.807) is 19.2 Å². The van der Waals surface area contributed by atoms with Crippen molar-refractivity contribution in [2.75, 3.05) is 26.8 Å². The summed E-state index contributed by atoms with van der Waals surface area (Å²) in [5.41, 5.74) is 0. The van der Waals surface area contributed by atoms with Gasteiger partial charge in [-0.2, -0.15) is 5.10 Å². The second-order valence-electron chi connectivity index (χ2n) is 5.58. The van der Waals surface area contributed by atoms with Crippen LogP contribution in [0.4, 0.5) is 0 Å². The molecule has 0 spiro atoms. The minimum Gasteiger partial charge on any atom is -0.384 e. The molecule has 1 N–H and O–H groups in total. The first kappa shape index (κ1) is 16.4. The fourth-order valence-electron chi connectivity index (χ4n) is 2.76. The molecule has 0 aromatic carbocycles. The number of aromatic amines is 1. The second-order valence-corrected chi connectivity index (χ2v) is 7.29. The molecule has 1 atom stereocenters. The Morgan fingerprint density at radius 3 is 3.17 bits per heavy atom. The van der Waals surface area contributed by atoms with E-state index in [0.29, 0.717) is 28.8 Å². The van der Waals surface area contributed by atoms with E-state index >= 15 is 0 Å². The summed E-state index contributed by atoms with van der Waals surface area (Å²) >= 11 is 7.25. The van der Waals surface area contributed by atoms with Crippen molar-refractivity contribution in [2.24, 2.45) is 0 Å². The van der Waals surface area contributed by atoms with E-state index < -0.39 is 0 Å². The van der Waals surface area contributed by atoms with E-state index in [-0.39, 0.29) is 11.8 Å². The number of nitrogens with one attached hydrogen (secondary N) is 1. The summed E-state index contributed by atoms with van der Waals surface area (Å²) < 4.78 is 5.69. The number of hydrogen-bond acceptors (Lipinski definition) is 5. The van der Waals surface area contributed by atoms with Gasteiger partial charge in [0.15, 0.2) is 5.82 Å². The van der Waals surface area contributed by atoms with Crippen LogP contribution in [0.15, 0.2) is 12.1 Å². The average Bonchev–Trinajstić information content (AvgIpc) is 3.21. The van der Waals surface area contributed by atoms with Gasteiger partial charge in [0.2, 0.25) is 0 Å². The second kappa shape index (κ2) is 7.42. The third-order valence-corrected chi connectivity index (χ3v) is 5.17. The Bertz CT molecular complexity index is 672. The van der Waals surface area contributed by atoms with Gasteiger partial charge in [-0.1, -0.05) is 11.6 Å². The van der Waals surface area contributed by atoms with E-state index in [1.165, 1.54) is 11.3 Å². The number of ether oxygens (including phenoxy) is 1. The summed E-state index contributed by atoms with van der Waals surface area (Å²) in [5.74, 6) is 1.84. The van der Waals surface area contributed by atoms with E-state index in [4.69, 9.17) is 16.3 Å². The van der Waals surface area contributed by atoms with Crippen LogP contribution in [-0.4, -0.2) is 52.8 Å². The zero-order chi connectivity index (χ0) is 16.2. The first-order valence-electron chi connectivity index (χ1n) is 7.62. The highest BCUT2D eigenvalue weighted by atomic mass is 35.5. The number of carbonyl (C=O) groups excluding carboxylic acids is 1. The monoisotopic (exact) mass is 354 g/mol. The van der Waals surface area contributed by atoms with E-state index in [1.807, 2.05) is 4.90 Å². The first-order valence-corrected chi connectivity index (χ1v) is 8.81. The number of piperidine rings is 1. The molecule has 0 radical (unpaired) electrons. The van der Waals surface area contributed by atoms with Crippen LogP contribution in [0.3, 0.4) is 0 Å². The summed E-state index contributed by atoms with van der Waals surface area (Å²) in [4.78, 5) is 19.7. The number of amides is 1. The topological polar surface area (TPSA) is 71.1 Å². The fourth-order valence-corrected chi connectivity index (χ4v) is 3.77. The van der Waals surface area contributed by atoms with Crippen LogP contribution in [0.5, 0.6) is 0 Å². The predicted octanol–water partition coefficient (Wildman–Crippen LogP) is 2.73. The number of aromatic nitrogens is 3. The van der Waals surface area contributed by atoms with Crippen molar-refractivity contribution < 1.29 is 9.53 Å². The number of H-pyrrole nitrogens is 1. The molecule has 3 rings (SSSR count). The lowest BCUT2D eigenvalue weighted by Crippen LogP contribution is -2.39. The zero-order valence-corrected chi connectivity index (χ0v) is 14.5. The third kappa shape index (κ3) is 3.91. The smallest absolute Gasteiger partial charge is 0.263 e. The zero-order valence-electron chi connectivity index (χ0n) is 12.9. The van der Waals surface area contributed by atoms with Gasteiger partial charge in [0.05, 0.1) is 15.8 Å². The van der Waals surface area contributed by atoms with Gasteiger partial charge >= 0.3 is 0 Å². The molecular formula is C15H19ClN4O2S. The molecule has 6 nitrogen and oxygen atoms in total. The Balaban J connectivity index is 1.66. The standard InChI is InChI=1S/C15H19ClN4O2S/c1-22-8-6-13-17-14(19-18-13)10-3-2-7-20(9-10)15(21)11-4-5-12(16)23-11/h4-5,10H,2-3,6-9H2,1H3,(H,17,18,19). The number of hydrogen-bond donors (Lipinski definition) is 1. The van der Waals surface area contributed by atoms with Gasteiger partial charge in [-0.25, -0.2) is 4.98 Å². The largest absolute Gasteiger partial charge is 0.384 e. The van der Waals surface area contributed by atoms with Gasteiger partial charge in [0.1, 0.15) is 5.82 Å². The number of thiophene rings is 1. The molecule has 1 amide bonds. The molecule has 0 bridgehead atoms. The molecule has 2 aromatic rings. The average molecular weight is 355 g/mol. The highest BCUT2D eigenvalue weighted by molar-refractivity contribution is 7.17. The maximum absolute atomic E-state index is 12.5. The molecule has 1 fully saturated rings. The van der Waals surface area contributed by atoms with Crippen LogP contribution in [0.25, 0.3) is 0 Å². The van der Waals surface area contributed by atoms with Crippen LogP contribution >= 0.6 is 22.9 Å². The minimum absolute atomic E-state index is 0.0433. The molecule has 1 aliphatic rings. The van der Waals surface area contributed by atoms with Crippen LogP contribution in [0, 0.1) is 0 Å². The maximum Gasteiger partial charge on any atom is 0.263 e. The predicted molar refractivity (Wildman–Crippen MR) is 89.2 cm³/mol. The van der Waals surface area contributed by atoms with Crippen molar-refractivity contribution in [3.8, 4) is 0 Å². The molecule has 3 heterocycles.